The summed E-state index contributed by atoms with van der Waals surface area (Å²) >= 11 is 0. The van der Waals surface area contributed by atoms with Gasteiger partial charge in [0.15, 0.2) is 5.78 Å². The quantitative estimate of drug-likeness (QED) is 0.806. The van der Waals surface area contributed by atoms with Crippen LogP contribution >= 0.6 is 0 Å². The van der Waals surface area contributed by atoms with Gasteiger partial charge >= 0.3 is 0 Å². The van der Waals surface area contributed by atoms with Crippen LogP contribution in [0, 0.1) is 0 Å². The van der Waals surface area contributed by atoms with Gasteiger partial charge in [0.2, 0.25) is 0 Å². The SMILES string of the molecule is CCCNC(C)C(=O)c1ccc(C(C)(C)C)cc1. The molecular weight excluding hydrogens is 222 g/mol. The second kappa shape index (κ2) is 6.14. The average Bonchev–Trinajstić information content (AvgIpc) is 2.34. The van der Waals surface area contributed by atoms with E-state index >= 15 is 0 Å². The Bertz CT molecular complexity index is 387. The van der Waals surface area contributed by atoms with Crippen LogP contribution in [0.2, 0.25) is 0 Å². The van der Waals surface area contributed by atoms with Crippen LogP contribution in [0.4, 0.5) is 0 Å². The highest BCUT2D eigenvalue weighted by atomic mass is 16.1. The van der Waals surface area contributed by atoms with Gasteiger partial charge in [-0.1, -0.05) is 52.0 Å². The summed E-state index contributed by atoms with van der Waals surface area (Å²) in [4.78, 5) is 12.1. The van der Waals surface area contributed by atoms with E-state index in [1.165, 1.54) is 5.56 Å². The summed E-state index contributed by atoms with van der Waals surface area (Å²) < 4.78 is 0. The Morgan fingerprint density at radius 1 is 1.22 bits per heavy atom. The molecule has 100 valence electrons. The van der Waals surface area contributed by atoms with Gasteiger partial charge in [0.05, 0.1) is 6.04 Å². The van der Waals surface area contributed by atoms with E-state index in [4.69, 9.17) is 0 Å². The fraction of sp³-hybridized carbons (Fsp3) is 0.562. The first-order valence-corrected chi connectivity index (χ1v) is 6.74. The Morgan fingerprint density at radius 3 is 2.22 bits per heavy atom. The molecule has 0 aliphatic carbocycles. The van der Waals surface area contributed by atoms with Crippen LogP contribution in [0.15, 0.2) is 24.3 Å². The molecule has 18 heavy (non-hydrogen) atoms. The summed E-state index contributed by atoms with van der Waals surface area (Å²) in [6.45, 7) is 11.4. The molecule has 1 N–H and O–H groups in total. The molecule has 1 aromatic carbocycles. The Hall–Kier alpha value is -1.15. The molecule has 1 unspecified atom stereocenters. The minimum Gasteiger partial charge on any atom is -0.307 e. The standard InChI is InChI=1S/C16H25NO/c1-6-11-17-12(2)15(18)13-7-9-14(10-8-13)16(3,4)5/h7-10,12,17H,6,11H2,1-5H3. The lowest BCUT2D eigenvalue weighted by Crippen LogP contribution is -2.34. The maximum Gasteiger partial charge on any atom is 0.179 e. The van der Waals surface area contributed by atoms with Gasteiger partial charge in [0, 0.05) is 5.56 Å². The third kappa shape index (κ3) is 3.95. The van der Waals surface area contributed by atoms with Gasteiger partial charge in [0.1, 0.15) is 0 Å². The topological polar surface area (TPSA) is 29.1 Å². The lowest BCUT2D eigenvalue weighted by molar-refractivity contribution is 0.0951. The van der Waals surface area contributed by atoms with Gasteiger partial charge in [-0.25, -0.2) is 0 Å². The lowest BCUT2D eigenvalue weighted by Gasteiger charge is -2.19. The molecule has 1 atom stereocenters. The highest BCUT2D eigenvalue weighted by Gasteiger charge is 2.17. The van der Waals surface area contributed by atoms with Gasteiger partial charge in [-0.15, -0.1) is 0 Å². The summed E-state index contributed by atoms with van der Waals surface area (Å²) in [7, 11) is 0. The fourth-order valence-electron chi connectivity index (χ4n) is 1.84. The molecule has 0 heterocycles. The number of carbonyl (C=O) groups is 1. The van der Waals surface area contributed by atoms with Crippen LogP contribution in [-0.4, -0.2) is 18.4 Å². The maximum atomic E-state index is 12.1. The van der Waals surface area contributed by atoms with Crippen molar-refractivity contribution in [3.63, 3.8) is 0 Å². The Balaban J connectivity index is 2.76. The molecule has 0 amide bonds. The van der Waals surface area contributed by atoms with Crippen molar-refractivity contribution in [3.05, 3.63) is 35.4 Å². The summed E-state index contributed by atoms with van der Waals surface area (Å²) in [5.74, 6) is 0.170. The molecule has 2 heteroatoms. The minimum atomic E-state index is -0.106. The first kappa shape index (κ1) is 14.9. The van der Waals surface area contributed by atoms with Crippen LogP contribution < -0.4 is 5.32 Å². The van der Waals surface area contributed by atoms with E-state index in [1.807, 2.05) is 19.1 Å². The van der Waals surface area contributed by atoms with E-state index in [9.17, 15) is 4.79 Å². The van der Waals surface area contributed by atoms with E-state index in [0.717, 1.165) is 18.5 Å². The molecule has 1 rings (SSSR count). The number of nitrogens with one attached hydrogen (secondary N) is 1. The normalized spacial score (nSPS) is 13.4. The highest BCUT2D eigenvalue weighted by Crippen LogP contribution is 2.22. The Morgan fingerprint density at radius 2 is 1.78 bits per heavy atom. The number of ketones is 1. The van der Waals surface area contributed by atoms with Crippen molar-refractivity contribution in [1.82, 2.24) is 5.32 Å². The average molecular weight is 247 g/mol. The molecule has 0 saturated carbocycles. The first-order chi connectivity index (χ1) is 8.36. The minimum absolute atomic E-state index is 0.106. The van der Waals surface area contributed by atoms with E-state index in [0.29, 0.717) is 0 Å². The zero-order chi connectivity index (χ0) is 13.8. The van der Waals surface area contributed by atoms with Crippen LogP contribution in [0.3, 0.4) is 0 Å². The summed E-state index contributed by atoms with van der Waals surface area (Å²) in [6.07, 6.45) is 1.04. The number of hydrogen-bond donors (Lipinski definition) is 1. The third-order valence-electron chi connectivity index (χ3n) is 3.13. The smallest absolute Gasteiger partial charge is 0.179 e. The van der Waals surface area contributed by atoms with Crippen molar-refractivity contribution in [3.8, 4) is 0 Å². The number of carbonyl (C=O) groups excluding carboxylic acids is 1. The molecule has 0 radical (unpaired) electrons. The van der Waals surface area contributed by atoms with E-state index in [1.54, 1.807) is 0 Å². The van der Waals surface area contributed by atoms with Crippen molar-refractivity contribution in [2.75, 3.05) is 6.54 Å². The predicted molar refractivity (Wildman–Crippen MR) is 77.2 cm³/mol. The largest absolute Gasteiger partial charge is 0.307 e. The van der Waals surface area contributed by atoms with Gasteiger partial charge in [-0.05, 0) is 30.9 Å². The second-order valence-corrected chi connectivity index (χ2v) is 5.87. The summed E-state index contributed by atoms with van der Waals surface area (Å²) in [5, 5.41) is 3.23. The monoisotopic (exact) mass is 247 g/mol. The van der Waals surface area contributed by atoms with Crippen molar-refractivity contribution in [1.29, 1.82) is 0 Å². The van der Waals surface area contributed by atoms with Crippen molar-refractivity contribution < 1.29 is 4.79 Å². The summed E-state index contributed by atoms with van der Waals surface area (Å²) in [6, 6.07) is 7.88. The summed E-state index contributed by atoms with van der Waals surface area (Å²) in [5.41, 5.74) is 2.18. The molecule has 0 bridgehead atoms. The lowest BCUT2D eigenvalue weighted by atomic mass is 9.86. The van der Waals surface area contributed by atoms with E-state index in [-0.39, 0.29) is 17.2 Å². The van der Waals surface area contributed by atoms with Gasteiger partial charge < -0.3 is 5.32 Å². The van der Waals surface area contributed by atoms with Crippen molar-refractivity contribution in [2.24, 2.45) is 0 Å². The van der Waals surface area contributed by atoms with Gasteiger partial charge in [0.25, 0.3) is 0 Å². The van der Waals surface area contributed by atoms with Gasteiger partial charge in [-0.3, -0.25) is 4.79 Å². The zero-order valence-electron chi connectivity index (χ0n) is 12.2. The van der Waals surface area contributed by atoms with E-state index in [2.05, 4.69) is 45.1 Å². The van der Waals surface area contributed by atoms with Crippen molar-refractivity contribution >= 4 is 5.78 Å². The number of Topliss-reactive ketones (excluding diaryl/α,β-unsaturated/α-hetero) is 1. The highest BCUT2D eigenvalue weighted by molar-refractivity contribution is 5.99. The number of benzene rings is 1. The third-order valence-corrected chi connectivity index (χ3v) is 3.13. The van der Waals surface area contributed by atoms with Gasteiger partial charge in [-0.2, -0.15) is 0 Å². The number of hydrogen-bond acceptors (Lipinski definition) is 2. The molecule has 0 saturated heterocycles. The van der Waals surface area contributed by atoms with Crippen LogP contribution in [0.1, 0.15) is 57.0 Å². The Kier molecular flexibility index (Phi) is 5.09. The first-order valence-electron chi connectivity index (χ1n) is 6.74. The molecule has 2 nitrogen and oxygen atoms in total. The Labute approximate surface area is 111 Å². The second-order valence-electron chi connectivity index (χ2n) is 5.87. The molecule has 0 aliphatic heterocycles. The van der Waals surface area contributed by atoms with Crippen LogP contribution in [0.5, 0.6) is 0 Å². The van der Waals surface area contributed by atoms with E-state index < -0.39 is 0 Å². The molecule has 0 aliphatic rings. The fourth-order valence-corrected chi connectivity index (χ4v) is 1.84. The molecular formula is C16H25NO. The van der Waals surface area contributed by atoms with Crippen LogP contribution in [-0.2, 0) is 5.41 Å². The zero-order valence-corrected chi connectivity index (χ0v) is 12.2. The number of rotatable bonds is 5. The van der Waals surface area contributed by atoms with Crippen LogP contribution in [0.25, 0.3) is 0 Å². The molecule has 1 aromatic rings. The maximum absolute atomic E-state index is 12.1. The molecule has 0 spiro atoms. The van der Waals surface area contributed by atoms with Crippen molar-refractivity contribution in [2.45, 2.75) is 52.5 Å². The molecule has 0 fully saturated rings. The molecule has 0 aromatic heterocycles. The predicted octanol–water partition coefficient (Wildman–Crippen LogP) is 3.55.